The maximum atomic E-state index is 15.2. The Hall–Kier alpha value is -2.52. The lowest BCUT2D eigenvalue weighted by molar-refractivity contribution is -0.861. The molecule has 0 saturated carbocycles. The van der Waals surface area contributed by atoms with Gasteiger partial charge in [0.05, 0.1) is 44.1 Å². The van der Waals surface area contributed by atoms with Crippen molar-refractivity contribution in [1.29, 1.82) is 0 Å². The van der Waals surface area contributed by atoms with Crippen LogP contribution in [0.2, 0.25) is 0 Å². The highest BCUT2D eigenvalue weighted by Crippen LogP contribution is 2.31. The molecule has 1 aromatic heterocycles. The second-order valence-electron chi connectivity index (χ2n) is 6.61. The Balaban J connectivity index is 2.24. The molecule has 0 radical (unpaired) electrons. The summed E-state index contributed by atoms with van der Waals surface area (Å²) >= 11 is 0. The van der Waals surface area contributed by atoms with E-state index in [2.05, 4.69) is 0 Å². The molecular formula is C17H19F2N3O4. The average Bonchev–Trinajstić information content (AvgIpc) is 2.56. The number of carboxylic acids is 1. The van der Waals surface area contributed by atoms with Gasteiger partial charge >= 0.3 is 5.97 Å². The zero-order valence-electron chi connectivity index (χ0n) is 14.5. The van der Waals surface area contributed by atoms with Crippen molar-refractivity contribution >= 4 is 22.6 Å². The predicted molar refractivity (Wildman–Crippen MR) is 92.3 cm³/mol. The molecule has 140 valence electrons. The lowest BCUT2D eigenvalue weighted by Crippen LogP contribution is -2.54. The van der Waals surface area contributed by atoms with Gasteiger partial charge in [-0.25, -0.2) is 13.6 Å². The molecule has 1 N–H and O–H groups in total. The molecule has 2 aromatic rings. The predicted octanol–water partition coefficient (Wildman–Crippen LogP) is 1.76. The van der Waals surface area contributed by atoms with Crippen molar-refractivity contribution in [2.24, 2.45) is 0 Å². The van der Waals surface area contributed by atoms with Crippen molar-refractivity contribution in [2.75, 3.05) is 38.1 Å². The van der Waals surface area contributed by atoms with Crippen LogP contribution in [-0.4, -0.2) is 53.5 Å². The number of rotatable bonds is 3. The fourth-order valence-electron chi connectivity index (χ4n) is 3.28. The van der Waals surface area contributed by atoms with Gasteiger partial charge in [0, 0.05) is 12.7 Å². The molecule has 3 rings (SSSR count). The molecule has 0 amide bonds. The Morgan fingerprint density at radius 3 is 2.50 bits per heavy atom. The van der Waals surface area contributed by atoms with E-state index >= 15 is 4.39 Å². The van der Waals surface area contributed by atoms with Crippen LogP contribution in [0, 0.1) is 16.8 Å². The molecule has 1 fully saturated rings. The fraction of sp³-hybridized carbons (Fsp3) is 0.412. The number of hydrogen-bond donors (Lipinski definition) is 1. The number of aromatic nitrogens is 1. The number of fused-ring (bicyclic) bond motifs is 1. The van der Waals surface area contributed by atoms with Crippen LogP contribution >= 0.6 is 0 Å². The lowest BCUT2D eigenvalue weighted by atomic mass is 10.1. The summed E-state index contributed by atoms with van der Waals surface area (Å²) in [4.78, 5) is 25.0. The normalized spacial score (nSPS) is 16.9. The molecule has 0 bridgehead atoms. The van der Waals surface area contributed by atoms with E-state index in [1.165, 1.54) is 16.5 Å². The SMILES string of the molecule is CCn1cc(C(=O)O)c(=O)c2cc(F)c(N3CC[N+](C)([O-])CC3)c(F)c21. The van der Waals surface area contributed by atoms with Crippen molar-refractivity contribution in [3.05, 3.63) is 44.9 Å². The smallest absolute Gasteiger partial charge is 0.341 e. The third-order valence-electron chi connectivity index (χ3n) is 4.80. The molecule has 1 saturated heterocycles. The number of hydroxylamine groups is 3. The first kappa shape index (κ1) is 18.3. The van der Waals surface area contributed by atoms with Crippen LogP contribution in [0.4, 0.5) is 14.5 Å². The van der Waals surface area contributed by atoms with Crippen LogP contribution in [0.3, 0.4) is 0 Å². The van der Waals surface area contributed by atoms with Crippen LogP contribution in [0.5, 0.6) is 0 Å². The van der Waals surface area contributed by atoms with Crippen molar-refractivity contribution < 1.29 is 23.3 Å². The van der Waals surface area contributed by atoms with Crippen molar-refractivity contribution in [3.8, 4) is 0 Å². The van der Waals surface area contributed by atoms with Crippen molar-refractivity contribution in [1.82, 2.24) is 4.57 Å². The number of hydrogen-bond acceptors (Lipinski definition) is 4. The Kier molecular flexibility index (Phi) is 4.45. The molecule has 1 aliphatic rings. The van der Waals surface area contributed by atoms with Crippen LogP contribution in [0.25, 0.3) is 10.9 Å². The Labute approximate surface area is 147 Å². The number of benzene rings is 1. The first-order valence-corrected chi connectivity index (χ1v) is 8.25. The first-order valence-electron chi connectivity index (χ1n) is 8.25. The van der Waals surface area contributed by atoms with Gasteiger partial charge in [-0.05, 0) is 13.0 Å². The first-order chi connectivity index (χ1) is 12.2. The van der Waals surface area contributed by atoms with Gasteiger partial charge in [0.2, 0.25) is 5.43 Å². The van der Waals surface area contributed by atoms with E-state index in [1.54, 1.807) is 6.92 Å². The molecule has 26 heavy (non-hydrogen) atoms. The molecule has 0 atom stereocenters. The molecule has 9 heteroatoms. The summed E-state index contributed by atoms with van der Waals surface area (Å²) in [6.07, 6.45) is 1.07. The molecule has 1 aliphatic heterocycles. The maximum Gasteiger partial charge on any atom is 0.341 e. The minimum atomic E-state index is -1.45. The monoisotopic (exact) mass is 367 g/mol. The third-order valence-corrected chi connectivity index (χ3v) is 4.80. The van der Waals surface area contributed by atoms with E-state index < -0.39 is 33.2 Å². The van der Waals surface area contributed by atoms with Gasteiger partial charge in [0.1, 0.15) is 17.1 Å². The van der Waals surface area contributed by atoms with E-state index in [9.17, 15) is 19.2 Å². The second kappa shape index (κ2) is 6.33. The van der Waals surface area contributed by atoms with Gasteiger partial charge in [-0.1, -0.05) is 0 Å². The highest BCUT2D eigenvalue weighted by molar-refractivity contribution is 5.93. The Bertz CT molecular complexity index is 945. The minimum Gasteiger partial charge on any atom is -0.633 e. The van der Waals surface area contributed by atoms with E-state index in [0.29, 0.717) is 0 Å². The van der Waals surface area contributed by atoms with Gasteiger partial charge in [0.15, 0.2) is 5.82 Å². The molecule has 0 spiro atoms. The summed E-state index contributed by atoms with van der Waals surface area (Å²) in [5.41, 5.74) is -1.89. The number of likely N-dealkylation sites (N-methyl/N-ethyl adjacent to an activating group) is 1. The number of halogens is 2. The van der Waals surface area contributed by atoms with Crippen LogP contribution < -0.4 is 10.3 Å². The summed E-state index contributed by atoms with van der Waals surface area (Å²) in [6.45, 7) is 2.62. The molecule has 7 nitrogen and oxygen atoms in total. The molecule has 0 unspecified atom stereocenters. The zero-order valence-corrected chi connectivity index (χ0v) is 14.5. The third kappa shape index (κ3) is 2.93. The van der Waals surface area contributed by atoms with Crippen molar-refractivity contribution in [3.63, 3.8) is 0 Å². The van der Waals surface area contributed by atoms with Gasteiger partial charge in [-0.15, -0.1) is 0 Å². The van der Waals surface area contributed by atoms with Crippen LogP contribution in [0.15, 0.2) is 17.1 Å². The van der Waals surface area contributed by atoms with Crippen molar-refractivity contribution in [2.45, 2.75) is 13.5 Å². The number of nitrogens with zero attached hydrogens (tertiary/aromatic N) is 3. The van der Waals surface area contributed by atoms with E-state index in [0.717, 1.165) is 12.3 Å². The second-order valence-corrected chi connectivity index (χ2v) is 6.61. The summed E-state index contributed by atoms with van der Waals surface area (Å²) in [5, 5.41) is 20.8. The fourth-order valence-corrected chi connectivity index (χ4v) is 3.28. The lowest BCUT2D eigenvalue weighted by Gasteiger charge is -2.45. The molecule has 0 aliphatic carbocycles. The van der Waals surface area contributed by atoms with Gasteiger partial charge in [0.25, 0.3) is 0 Å². The number of aromatic carboxylic acids is 1. The largest absolute Gasteiger partial charge is 0.633 e. The quantitative estimate of drug-likeness (QED) is 0.660. The standard InChI is InChI=1S/C17H19F2N3O4/c1-3-20-9-11(17(24)25)16(23)10-8-12(18)15(13(19)14(10)20)21-4-6-22(2,26)7-5-21/h8-9H,3-7H2,1-2H3,(H,24,25). The average molecular weight is 367 g/mol. The Morgan fingerprint density at radius 1 is 1.35 bits per heavy atom. The zero-order chi connectivity index (χ0) is 19.2. The number of carbonyl (C=O) groups is 1. The molecular weight excluding hydrogens is 348 g/mol. The molecule has 2 heterocycles. The number of aryl methyl sites for hydroxylation is 1. The number of anilines is 1. The number of quaternary nitrogens is 1. The summed E-state index contributed by atoms with van der Waals surface area (Å²) in [7, 11) is 1.51. The highest BCUT2D eigenvalue weighted by atomic mass is 19.1. The summed E-state index contributed by atoms with van der Waals surface area (Å²) < 4.78 is 30.7. The summed E-state index contributed by atoms with van der Waals surface area (Å²) in [5.74, 6) is -3.32. The van der Waals surface area contributed by atoms with Crippen LogP contribution in [-0.2, 0) is 6.54 Å². The van der Waals surface area contributed by atoms with Gasteiger partial charge < -0.3 is 24.4 Å². The number of piperazine rings is 1. The molecule has 1 aromatic carbocycles. The van der Waals surface area contributed by atoms with E-state index in [4.69, 9.17) is 5.11 Å². The van der Waals surface area contributed by atoms with Gasteiger partial charge in [-0.3, -0.25) is 4.79 Å². The van der Waals surface area contributed by atoms with Gasteiger partial charge in [-0.2, -0.15) is 0 Å². The van der Waals surface area contributed by atoms with Crippen LogP contribution in [0.1, 0.15) is 17.3 Å². The number of pyridine rings is 1. The van der Waals surface area contributed by atoms with E-state index in [-0.39, 0.29) is 49.3 Å². The Morgan fingerprint density at radius 2 is 1.96 bits per heavy atom. The highest BCUT2D eigenvalue weighted by Gasteiger charge is 2.29. The minimum absolute atomic E-state index is 0.135. The summed E-state index contributed by atoms with van der Waals surface area (Å²) in [6, 6.07) is 0.883. The topological polar surface area (TPSA) is 85.6 Å². The van der Waals surface area contributed by atoms with E-state index in [1.807, 2.05) is 0 Å². The number of carboxylic acid groups (broad SMARTS) is 1. The maximum absolute atomic E-state index is 15.2.